The van der Waals surface area contributed by atoms with Crippen LogP contribution in [0.2, 0.25) is 0 Å². The number of nitrogens with zero attached hydrogens (tertiary/aromatic N) is 4. The molecule has 0 fully saturated rings. The van der Waals surface area contributed by atoms with E-state index in [2.05, 4.69) is 9.97 Å². The van der Waals surface area contributed by atoms with Crippen molar-refractivity contribution in [3.63, 3.8) is 0 Å². The molecule has 2 heterocycles. The summed E-state index contributed by atoms with van der Waals surface area (Å²) in [5.74, 6) is 0.365. The lowest BCUT2D eigenvalue weighted by Gasteiger charge is -2.00. The molecule has 0 amide bonds. The number of rotatable bonds is 2. The van der Waals surface area contributed by atoms with Gasteiger partial charge in [0.05, 0.1) is 0 Å². The molecule has 2 rings (SSSR count). The molecule has 70 valence electrons. The lowest BCUT2D eigenvalue weighted by atomic mass is 10.4. The second-order valence-electron chi connectivity index (χ2n) is 2.83. The van der Waals surface area contributed by atoms with E-state index in [4.69, 9.17) is 11.0 Å². The summed E-state index contributed by atoms with van der Waals surface area (Å²) in [5.41, 5.74) is 6.90. The Kier molecular flexibility index (Phi) is 2.13. The summed E-state index contributed by atoms with van der Waals surface area (Å²) in [4.78, 5) is 8.30. The second-order valence-corrected chi connectivity index (χ2v) is 2.83. The zero-order chi connectivity index (χ0) is 9.97. The molecule has 5 nitrogen and oxygen atoms in total. The minimum atomic E-state index is 0.365. The van der Waals surface area contributed by atoms with Gasteiger partial charge in [0.25, 0.3) is 0 Å². The zero-order valence-electron chi connectivity index (χ0n) is 7.51. The Morgan fingerprint density at radius 1 is 1.57 bits per heavy atom. The van der Waals surface area contributed by atoms with Crippen LogP contribution in [-0.4, -0.2) is 21.1 Å². The number of aromatic nitrogens is 3. The Balaban J connectivity index is 2.69. The number of hydrogen-bond acceptors (Lipinski definition) is 4. The molecule has 0 aromatic carbocycles. The van der Waals surface area contributed by atoms with Crippen molar-refractivity contribution in [3.05, 3.63) is 24.2 Å². The van der Waals surface area contributed by atoms with Crippen LogP contribution in [-0.2, 0) is 6.54 Å². The fraction of sp³-hybridized carbons (Fsp3) is 0.222. The van der Waals surface area contributed by atoms with Crippen molar-refractivity contribution >= 4 is 11.2 Å². The van der Waals surface area contributed by atoms with Crippen LogP contribution in [0.3, 0.4) is 0 Å². The van der Waals surface area contributed by atoms with E-state index >= 15 is 0 Å². The molecule has 0 spiro atoms. The summed E-state index contributed by atoms with van der Waals surface area (Å²) < 4.78 is 1.73. The third kappa shape index (κ3) is 1.22. The summed E-state index contributed by atoms with van der Waals surface area (Å²) in [7, 11) is 0. The van der Waals surface area contributed by atoms with Crippen LogP contribution in [0.25, 0.3) is 11.2 Å². The number of nitrogens with two attached hydrogens (primary N) is 1. The average molecular weight is 187 g/mol. The van der Waals surface area contributed by atoms with Gasteiger partial charge in [-0.2, -0.15) is 5.26 Å². The van der Waals surface area contributed by atoms with Crippen LogP contribution in [0, 0.1) is 11.3 Å². The van der Waals surface area contributed by atoms with E-state index in [-0.39, 0.29) is 0 Å². The molecule has 0 atom stereocenters. The first-order chi connectivity index (χ1) is 6.86. The summed E-state index contributed by atoms with van der Waals surface area (Å²) >= 11 is 0. The Hall–Kier alpha value is -1.93. The fourth-order valence-corrected chi connectivity index (χ4v) is 1.38. The largest absolute Gasteiger partial charge is 0.329 e. The third-order valence-electron chi connectivity index (χ3n) is 1.96. The maximum absolute atomic E-state index is 8.84. The van der Waals surface area contributed by atoms with Crippen molar-refractivity contribution in [2.24, 2.45) is 5.73 Å². The van der Waals surface area contributed by atoms with Crippen LogP contribution in [0.4, 0.5) is 0 Å². The molecule has 2 aromatic rings. The number of pyridine rings is 1. The highest BCUT2D eigenvalue weighted by Crippen LogP contribution is 2.11. The van der Waals surface area contributed by atoms with Crippen molar-refractivity contribution in [2.45, 2.75) is 6.54 Å². The number of fused-ring (bicyclic) bond motifs is 1. The predicted octanol–water partition coefficient (Wildman–Crippen LogP) is 0.262. The molecule has 5 heteroatoms. The molecule has 0 aliphatic carbocycles. The number of hydrogen-bond donors (Lipinski definition) is 1. The van der Waals surface area contributed by atoms with Crippen molar-refractivity contribution in [1.82, 2.24) is 14.5 Å². The van der Waals surface area contributed by atoms with Crippen LogP contribution in [0.1, 0.15) is 5.82 Å². The van der Waals surface area contributed by atoms with Gasteiger partial charge in [-0.25, -0.2) is 9.97 Å². The van der Waals surface area contributed by atoms with Gasteiger partial charge in [-0.05, 0) is 12.1 Å². The third-order valence-corrected chi connectivity index (χ3v) is 1.96. The summed E-state index contributed by atoms with van der Waals surface area (Å²) in [6.07, 6.45) is 1.68. The topological polar surface area (TPSA) is 80.5 Å². The molecule has 0 saturated heterocycles. The fourth-order valence-electron chi connectivity index (χ4n) is 1.38. The van der Waals surface area contributed by atoms with Gasteiger partial charge in [-0.1, -0.05) is 0 Å². The molecule has 0 bridgehead atoms. The van der Waals surface area contributed by atoms with E-state index < -0.39 is 0 Å². The van der Waals surface area contributed by atoms with Gasteiger partial charge in [0.1, 0.15) is 11.6 Å². The van der Waals surface area contributed by atoms with Crippen molar-refractivity contribution in [2.75, 3.05) is 6.54 Å². The SMILES string of the molecule is N#Cc1nc2cccnc2n1CCN. The molecule has 14 heavy (non-hydrogen) atoms. The minimum absolute atomic E-state index is 0.365. The monoisotopic (exact) mass is 187 g/mol. The number of nitriles is 1. The molecule has 0 radical (unpaired) electrons. The van der Waals surface area contributed by atoms with E-state index in [1.165, 1.54) is 0 Å². The lowest BCUT2D eigenvalue weighted by Crippen LogP contribution is -2.11. The van der Waals surface area contributed by atoms with Gasteiger partial charge in [-0.15, -0.1) is 0 Å². The normalized spacial score (nSPS) is 10.3. The van der Waals surface area contributed by atoms with E-state index in [1.807, 2.05) is 12.1 Å². The van der Waals surface area contributed by atoms with Gasteiger partial charge < -0.3 is 5.73 Å². The molecule has 0 aliphatic heterocycles. The summed E-state index contributed by atoms with van der Waals surface area (Å²) in [6.45, 7) is 1.03. The molecule has 0 unspecified atom stereocenters. The second kappa shape index (κ2) is 3.44. The van der Waals surface area contributed by atoms with Gasteiger partial charge in [-0.3, -0.25) is 4.57 Å². The van der Waals surface area contributed by atoms with Gasteiger partial charge >= 0.3 is 0 Å². The average Bonchev–Trinajstić information content (AvgIpc) is 2.58. The molecule has 0 saturated carbocycles. The first-order valence-electron chi connectivity index (χ1n) is 4.28. The van der Waals surface area contributed by atoms with E-state index in [0.717, 1.165) is 11.2 Å². The molecule has 2 aromatic heterocycles. The quantitative estimate of drug-likeness (QED) is 0.731. The maximum Gasteiger partial charge on any atom is 0.215 e. The summed E-state index contributed by atoms with van der Waals surface area (Å²) in [6, 6.07) is 5.65. The van der Waals surface area contributed by atoms with Crippen LogP contribution < -0.4 is 5.73 Å². The zero-order valence-corrected chi connectivity index (χ0v) is 7.51. The van der Waals surface area contributed by atoms with Gasteiger partial charge in [0.2, 0.25) is 5.82 Å². The molecular formula is C9H9N5. The van der Waals surface area contributed by atoms with Crippen LogP contribution >= 0.6 is 0 Å². The highest BCUT2D eigenvalue weighted by atomic mass is 15.1. The Morgan fingerprint density at radius 3 is 3.14 bits per heavy atom. The molecule has 0 aliphatic rings. The van der Waals surface area contributed by atoms with E-state index in [0.29, 0.717) is 18.9 Å². The summed E-state index contributed by atoms with van der Waals surface area (Å²) in [5, 5.41) is 8.84. The predicted molar refractivity (Wildman–Crippen MR) is 51.3 cm³/mol. The first-order valence-corrected chi connectivity index (χ1v) is 4.28. The highest BCUT2D eigenvalue weighted by Gasteiger charge is 2.09. The van der Waals surface area contributed by atoms with Crippen LogP contribution in [0.5, 0.6) is 0 Å². The van der Waals surface area contributed by atoms with E-state index in [1.54, 1.807) is 16.8 Å². The standard InChI is InChI=1S/C9H9N5/c10-3-5-14-8(6-11)13-7-2-1-4-12-9(7)14/h1-2,4H,3,5,10H2. The minimum Gasteiger partial charge on any atom is -0.329 e. The Morgan fingerprint density at radius 2 is 2.43 bits per heavy atom. The smallest absolute Gasteiger partial charge is 0.215 e. The van der Waals surface area contributed by atoms with Gasteiger partial charge in [0.15, 0.2) is 5.65 Å². The number of imidazole rings is 1. The van der Waals surface area contributed by atoms with Crippen molar-refractivity contribution < 1.29 is 0 Å². The first kappa shape index (κ1) is 8.66. The van der Waals surface area contributed by atoms with Crippen molar-refractivity contribution in [3.8, 4) is 6.07 Å². The van der Waals surface area contributed by atoms with E-state index in [9.17, 15) is 0 Å². The van der Waals surface area contributed by atoms with Crippen molar-refractivity contribution in [1.29, 1.82) is 5.26 Å². The van der Waals surface area contributed by atoms with Crippen LogP contribution in [0.15, 0.2) is 18.3 Å². The highest BCUT2D eigenvalue weighted by molar-refractivity contribution is 5.71. The maximum atomic E-state index is 8.84. The lowest BCUT2D eigenvalue weighted by molar-refractivity contribution is 0.711. The Labute approximate surface area is 80.8 Å². The molecule has 2 N–H and O–H groups in total. The molecular weight excluding hydrogens is 178 g/mol. The Bertz CT molecular complexity index is 493. The van der Waals surface area contributed by atoms with Gasteiger partial charge in [0, 0.05) is 19.3 Å².